The van der Waals surface area contributed by atoms with Crippen molar-refractivity contribution < 1.29 is 5.11 Å². The molecule has 0 heterocycles. The Balaban J connectivity index is 1.88. The SMILES string of the molecule is CN(C)C[C@@H]1C(c2cccc(O)c2)C[C@@H]2CC[C@H]1C2. The van der Waals surface area contributed by atoms with Crippen LogP contribution in [-0.2, 0) is 0 Å². The van der Waals surface area contributed by atoms with E-state index in [2.05, 4.69) is 25.1 Å². The zero-order valence-electron chi connectivity index (χ0n) is 12.0. The lowest BCUT2D eigenvalue weighted by Gasteiger charge is -2.38. The van der Waals surface area contributed by atoms with Crippen LogP contribution in [-0.4, -0.2) is 30.6 Å². The van der Waals surface area contributed by atoms with E-state index >= 15 is 0 Å². The second kappa shape index (κ2) is 5.16. The summed E-state index contributed by atoms with van der Waals surface area (Å²) in [5.74, 6) is 3.64. The molecule has 1 unspecified atom stereocenters. The van der Waals surface area contributed by atoms with E-state index < -0.39 is 0 Å². The summed E-state index contributed by atoms with van der Waals surface area (Å²) in [4.78, 5) is 2.33. The van der Waals surface area contributed by atoms with E-state index in [9.17, 15) is 5.11 Å². The van der Waals surface area contributed by atoms with Crippen LogP contribution in [0.2, 0.25) is 0 Å². The van der Waals surface area contributed by atoms with Gasteiger partial charge >= 0.3 is 0 Å². The fourth-order valence-electron chi connectivity index (χ4n) is 4.42. The van der Waals surface area contributed by atoms with E-state index in [0.29, 0.717) is 11.7 Å². The van der Waals surface area contributed by atoms with Crippen molar-refractivity contribution in [1.29, 1.82) is 0 Å². The first-order chi connectivity index (χ1) is 9.13. The van der Waals surface area contributed by atoms with E-state index in [0.717, 1.165) is 17.8 Å². The number of hydrogen-bond donors (Lipinski definition) is 1. The van der Waals surface area contributed by atoms with Crippen molar-refractivity contribution in [3.05, 3.63) is 29.8 Å². The molecule has 2 aliphatic rings. The Labute approximate surface area is 116 Å². The molecule has 0 aliphatic heterocycles. The Morgan fingerprint density at radius 1 is 1.21 bits per heavy atom. The molecule has 0 amide bonds. The summed E-state index contributed by atoms with van der Waals surface area (Å²) in [6, 6.07) is 7.96. The van der Waals surface area contributed by atoms with Gasteiger partial charge in [0.2, 0.25) is 0 Å². The molecular formula is C17H25NO. The van der Waals surface area contributed by atoms with Crippen LogP contribution in [0.5, 0.6) is 5.75 Å². The summed E-state index contributed by atoms with van der Waals surface area (Å²) in [6.07, 6.45) is 5.59. The van der Waals surface area contributed by atoms with Gasteiger partial charge in [0.05, 0.1) is 0 Å². The topological polar surface area (TPSA) is 23.5 Å². The van der Waals surface area contributed by atoms with Gasteiger partial charge in [0, 0.05) is 6.54 Å². The maximum Gasteiger partial charge on any atom is 0.115 e. The number of nitrogens with zero attached hydrogens (tertiary/aromatic N) is 1. The third kappa shape index (κ3) is 2.64. The van der Waals surface area contributed by atoms with Crippen LogP contribution in [0.25, 0.3) is 0 Å². The molecule has 2 fully saturated rings. The number of benzene rings is 1. The van der Waals surface area contributed by atoms with Crippen LogP contribution in [0.15, 0.2) is 24.3 Å². The largest absolute Gasteiger partial charge is 0.508 e. The molecule has 2 nitrogen and oxygen atoms in total. The van der Waals surface area contributed by atoms with Crippen molar-refractivity contribution in [3.63, 3.8) is 0 Å². The van der Waals surface area contributed by atoms with Crippen LogP contribution in [0, 0.1) is 17.8 Å². The molecule has 2 heteroatoms. The first-order valence-electron chi connectivity index (χ1n) is 7.57. The third-order valence-electron chi connectivity index (χ3n) is 5.17. The molecule has 1 N–H and O–H groups in total. The summed E-state index contributed by atoms with van der Waals surface area (Å²) in [5.41, 5.74) is 1.35. The van der Waals surface area contributed by atoms with Gasteiger partial charge in [0.1, 0.15) is 5.75 Å². The summed E-state index contributed by atoms with van der Waals surface area (Å²) < 4.78 is 0. The van der Waals surface area contributed by atoms with Crippen LogP contribution in [0.3, 0.4) is 0 Å². The van der Waals surface area contributed by atoms with Crippen LogP contribution in [0.1, 0.15) is 37.2 Å². The van der Waals surface area contributed by atoms with Crippen molar-refractivity contribution >= 4 is 0 Å². The van der Waals surface area contributed by atoms with E-state index in [1.807, 2.05) is 12.1 Å². The molecular weight excluding hydrogens is 234 g/mol. The zero-order chi connectivity index (χ0) is 13.4. The standard InChI is InChI=1S/C17H25NO/c1-18(2)11-17-14-7-6-12(8-14)9-16(17)13-4-3-5-15(19)10-13/h3-5,10,12,14,16-17,19H,6-9,11H2,1-2H3/t12-,14+,16?,17+/m1/s1. The Morgan fingerprint density at radius 3 is 2.79 bits per heavy atom. The molecule has 3 rings (SSSR count). The molecule has 1 aromatic rings. The molecule has 1 aromatic carbocycles. The number of phenols is 1. The van der Waals surface area contributed by atoms with Gasteiger partial charge in [-0.25, -0.2) is 0 Å². The van der Waals surface area contributed by atoms with E-state index in [1.165, 1.54) is 37.8 Å². The fraction of sp³-hybridized carbons (Fsp3) is 0.647. The molecule has 4 atom stereocenters. The normalized spacial score (nSPS) is 33.8. The lowest BCUT2D eigenvalue weighted by Crippen LogP contribution is -2.34. The molecule has 2 bridgehead atoms. The average Bonchev–Trinajstić information content (AvgIpc) is 2.75. The second-order valence-electron chi connectivity index (χ2n) is 6.80. The fourth-order valence-corrected chi connectivity index (χ4v) is 4.42. The minimum atomic E-state index is 0.416. The van der Waals surface area contributed by atoms with Crippen molar-refractivity contribution in [1.82, 2.24) is 4.90 Å². The first-order valence-corrected chi connectivity index (χ1v) is 7.57. The van der Waals surface area contributed by atoms with Gasteiger partial charge in [-0.1, -0.05) is 18.6 Å². The van der Waals surface area contributed by atoms with Gasteiger partial charge in [-0.15, -0.1) is 0 Å². The summed E-state index contributed by atoms with van der Waals surface area (Å²) in [7, 11) is 4.36. The highest BCUT2D eigenvalue weighted by Crippen LogP contribution is 2.52. The van der Waals surface area contributed by atoms with E-state index in [1.54, 1.807) is 6.07 Å². The molecule has 19 heavy (non-hydrogen) atoms. The monoisotopic (exact) mass is 259 g/mol. The molecule has 0 aromatic heterocycles. The highest BCUT2D eigenvalue weighted by molar-refractivity contribution is 5.31. The number of aromatic hydroxyl groups is 1. The Bertz CT molecular complexity index is 443. The molecule has 2 aliphatic carbocycles. The van der Waals surface area contributed by atoms with Gasteiger partial charge in [-0.3, -0.25) is 0 Å². The van der Waals surface area contributed by atoms with Gasteiger partial charge in [-0.2, -0.15) is 0 Å². The van der Waals surface area contributed by atoms with Gasteiger partial charge < -0.3 is 10.0 Å². The van der Waals surface area contributed by atoms with Crippen molar-refractivity contribution in [3.8, 4) is 5.75 Å². The van der Waals surface area contributed by atoms with E-state index in [4.69, 9.17) is 0 Å². The Hall–Kier alpha value is -1.02. The summed E-state index contributed by atoms with van der Waals surface area (Å²) >= 11 is 0. The van der Waals surface area contributed by atoms with Crippen LogP contribution in [0.4, 0.5) is 0 Å². The predicted octanol–water partition coefficient (Wildman–Crippen LogP) is 3.47. The molecule has 2 saturated carbocycles. The van der Waals surface area contributed by atoms with Crippen molar-refractivity contribution in [2.24, 2.45) is 17.8 Å². The highest BCUT2D eigenvalue weighted by atomic mass is 16.3. The number of rotatable bonds is 3. The molecule has 0 radical (unpaired) electrons. The molecule has 104 valence electrons. The van der Waals surface area contributed by atoms with Crippen molar-refractivity contribution in [2.75, 3.05) is 20.6 Å². The Kier molecular flexibility index (Phi) is 3.53. The summed E-state index contributed by atoms with van der Waals surface area (Å²) in [6.45, 7) is 1.18. The van der Waals surface area contributed by atoms with Crippen LogP contribution >= 0.6 is 0 Å². The third-order valence-corrected chi connectivity index (χ3v) is 5.17. The maximum atomic E-state index is 9.75. The zero-order valence-corrected chi connectivity index (χ0v) is 12.0. The lowest BCUT2D eigenvalue weighted by molar-refractivity contribution is 0.165. The second-order valence-corrected chi connectivity index (χ2v) is 6.80. The average molecular weight is 259 g/mol. The van der Waals surface area contributed by atoms with Gasteiger partial charge in [-0.05, 0) is 74.7 Å². The Morgan fingerprint density at radius 2 is 2.05 bits per heavy atom. The minimum Gasteiger partial charge on any atom is -0.508 e. The number of hydrogen-bond acceptors (Lipinski definition) is 2. The summed E-state index contributed by atoms with van der Waals surface area (Å²) in [5, 5.41) is 9.75. The maximum absolute atomic E-state index is 9.75. The van der Waals surface area contributed by atoms with Crippen molar-refractivity contribution in [2.45, 2.75) is 31.6 Å². The molecule has 0 saturated heterocycles. The number of phenolic OH excluding ortho intramolecular Hbond substituents is 1. The van der Waals surface area contributed by atoms with Gasteiger partial charge in [0.25, 0.3) is 0 Å². The van der Waals surface area contributed by atoms with E-state index in [-0.39, 0.29) is 0 Å². The number of fused-ring (bicyclic) bond motifs is 2. The predicted molar refractivity (Wildman–Crippen MR) is 78.3 cm³/mol. The minimum absolute atomic E-state index is 0.416. The van der Waals surface area contributed by atoms with Gasteiger partial charge in [0.15, 0.2) is 0 Å². The smallest absolute Gasteiger partial charge is 0.115 e. The lowest BCUT2D eigenvalue weighted by atomic mass is 9.69. The quantitative estimate of drug-likeness (QED) is 0.898. The van der Waals surface area contributed by atoms with Crippen LogP contribution < -0.4 is 0 Å². The highest BCUT2D eigenvalue weighted by Gasteiger charge is 2.42. The molecule has 0 spiro atoms. The first kappa shape index (κ1) is 13.0.